The van der Waals surface area contributed by atoms with Crippen molar-refractivity contribution in [3.05, 3.63) is 27.2 Å². The van der Waals surface area contributed by atoms with Gasteiger partial charge in [-0.05, 0) is 13.0 Å². The first-order chi connectivity index (χ1) is 8.08. The summed E-state index contributed by atoms with van der Waals surface area (Å²) in [5.41, 5.74) is 0. The normalized spacial score (nSPS) is 12.5. The fraction of sp³-hybridized carbons (Fsp3) is 0.500. The van der Waals surface area contributed by atoms with Gasteiger partial charge in [0.05, 0.1) is 15.1 Å². The van der Waals surface area contributed by atoms with Gasteiger partial charge in [0.15, 0.2) is 6.29 Å². The average Bonchev–Trinajstić information content (AvgIpc) is 2.26. The van der Waals surface area contributed by atoms with Crippen LogP contribution in [0, 0.1) is 0 Å². The zero-order valence-electron chi connectivity index (χ0n) is 9.80. The average molecular weight is 298 g/mol. The molecule has 0 aromatic heterocycles. The minimum atomic E-state index is -0.306. The molecular formula is C12H15Cl3O2. The lowest BCUT2D eigenvalue weighted by atomic mass is 10.3. The third-order valence-corrected chi connectivity index (χ3v) is 3.13. The van der Waals surface area contributed by atoms with E-state index in [0.29, 0.717) is 27.4 Å². The highest BCUT2D eigenvalue weighted by Crippen LogP contribution is 2.34. The van der Waals surface area contributed by atoms with Gasteiger partial charge in [0.2, 0.25) is 0 Å². The van der Waals surface area contributed by atoms with Crippen LogP contribution in [0.3, 0.4) is 0 Å². The van der Waals surface area contributed by atoms with Crippen molar-refractivity contribution in [2.75, 3.05) is 6.61 Å². The fourth-order valence-electron chi connectivity index (χ4n) is 1.33. The summed E-state index contributed by atoms with van der Waals surface area (Å²) in [5.74, 6) is 0.493. The Hall–Kier alpha value is -0.150. The van der Waals surface area contributed by atoms with Crippen molar-refractivity contribution in [1.82, 2.24) is 0 Å². The smallest absolute Gasteiger partial charge is 0.199 e. The maximum Gasteiger partial charge on any atom is 0.199 e. The quantitative estimate of drug-likeness (QED) is 0.531. The Morgan fingerprint density at radius 3 is 2.29 bits per heavy atom. The second-order valence-corrected chi connectivity index (χ2v) is 4.71. The van der Waals surface area contributed by atoms with Gasteiger partial charge < -0.3 is 9.47 Å². The fourth-order valence-corrected chi connectivity index (χ4v) is 1.92. The lowest BCUT2D eigenvalue weighted by molar-refractivity contribution is -0.0798. The first-order valence-electron chi connectivity index (χ1n) is 5.51. The number of ether oxygens (including phenoxy) is 2. The van der Waals surface area contributed by atoms with Crippen molar-refractivity contribution in [3.63, 3.8) is 0 Å². The largest absolute Gasteiger partial charge is 0.463 e. The van der Waals surface area contributed by atoms with Gasteiger partial charge in [0.1, 0.15) is 5.75 Å². The molecule has 1 aromatic carbocycles. The third kappa shape index (κ3) is 4.55. The molecular weight excluding hydrogens is 282 g/mol. The highest BCUT2D eigenvalue weighted by atomic mass is 35.5. The van der Waals surface area contributed by atoms with E-state index in [2.05, 4.69) is 6.92 Å². The molecule has 17 heavy (non-hydrogen) atoms. The molecule has 0 saturated carbocycles. The second kappa shape index (κ2) is 7.32. The molecule has 1 unspecified atom stereocenters. The van der Waals surface area contributed by atoms with E-state index in [1.54, 1.807) is 12.1 Å². The number of benzene rings is 1. The van der Waals surface area contributed by atoms with Gasteiger partial charge >= 0.3 is 0 Å². The van der Waals surface area contributed by atoms with Crippen LogP contribution in [0.5, 0.6) is 5.75 Å². The molecule has 0 saturated heterocycles. The van der Waals surface area contributed by atoms with Crippen molar-refractivity contribution in [2.24, 2.45) is 0 Å². The Balaban J connectivity index is 2.81. The van der Waals surface area contributed by atoms with Crippen LogP contribution in [0.25, 0.3) is 0 Å². The second-order valence-electron chi connectivity index (χ2n) is 3.49. The standard InChI is InChI=1S/C12H15Cl3O2/c1-3-5-12(16-4-2)17-11-7-9(14)8(13)6-10(11)15/h6-7,12H,3-5H2,1-2H3. The molecule has 0 N–H and O–H groups in total. The van der Waals surface area contributed by atoms with Crippen molar-refractivity contribution < 1.29 is 9.47 Å². The summed E-state index contributed by atoms with van der Waals surface area (Å²) in [7, 11) is 0. The molecule has 1 atom stereocenters. The van der Waals surface area contributed by atoms with Crippen LogP contribution >= 0.6 is 34.8 Å². The van der Waals surface area contributed by atoms with E-state index in [-0.39, 0.29) is 6.29 Å². The summed E-state index contributed by atoms with van der Waals surface area (Å²) in [6.07, 6.45) is 1.45. The molecule has 0 aliphatic heterocycles. The van der Waals surface area contributed by atoms with E-state index in [1.807, 2.05) is 6.92 Å². The minimum absolute atomic E-state index is 0.306. The Bertz CT molecular complexity index is 363. The molecule has 0 radical (unpaired) electrons. The van der Waals surface area contributed by atoms with Crippen LogP contribution in [0.1, 0.15) is 26.7 Å². The van der Waals surface area contributed by atoms with Crippen molar-refractivity contribution in [3.8, 4) is 5.75 Å². The van der Waals surface area contributed by atoms with E-state index in [9.17, 15) is 0 Å². The first-order valence-corrected chi connectivity index (χ1v) is 6.64. The molecule has 0 bridgehead atoms. The predicted molar refractivity (Wildman–Crippen MR) is 72.4 cm³/mol. The maximum absolute atomic E-state index is 6.02. The van der Waals surface area contributed by atoms with E-state index >= 15 is 0 Å². The maximum atomic E-state index is 6.02. The van der Waals surface area contributed by atoms with E-state index in [1.165, 1.54) is 0 Å². The number of hydrogen-bond donors (Lipinski definition) is 0. The van der Waals surface area contributed by atoms with Crippen LogP contribution < -0.4 is 4.74 Å². The first kappa shape index (κ1) is 14.9. The molecule has 1 aromatic rings. The predicted octanol–water partition coefficient (Wildman–Crippen LogP) is 5.19. The van der Waals surface area contributed by atoms with Crippen LogP contribution in [0.15, 0.2) is 12.1 Å². The Labute approximate surface area is 117 Å². The zero-order valence-corrected chi connectivity index (χ0v) is 12.1. The highest BCUT2D eigenvalue weighted by molar-refractivity contribution is 6.43. The molecule has 0 fully saturated rings. The number of halogens is 3. The van der Waals surface area contributed by atoms with Crippen LogP contribution in [-0.4, -0.2) is 12.9 Å². The summed E-state index contributed by atoms with van der Waals surface area (Å²) >= 11 is 17.8. The molecule has 2 nitrogen and oxygen atoms in total. The van der Waals surface area contributed by atoms with Crippen molar-refractivity contribution >= 4 is 34.8 Å². The van der Waals surface area contributed by atoms with Gasteiger partial charge in [-0.25, -0.2) is 0 Å². The highest BCUT2D eigenvalue weighted by Gasteiger charge is 2.13. The molecule has 0 amide bonds. The summed E-state index contributed by atoms with van der Waals surface area (Å²) in [5, 5.41) is 1.26. The molecule has 1 rings (SSSR count). The SMILES string of the molecule is CCCC(OCC)Oc1cc(Cl)c(Cl)cc1Cl. The van der Waals surface area contributed by atoms with Gasteiger partial charge in [-0.3, -0.25) is 0 Å². The van der Waals surface area contributed by atoms with Gasteiger partial charge in [-0.15, -0.1) is 0 Å². The Kier molecular flexibility index (Phi) is 6.42. The number of hydrogen-bond acceptors (Lipinski definition) is 2. The molecule has 0 aliphatic carbocycles. The van der Waals surface area contributed by atoms with E-state index in [4.69, 9.17) is 44.3 Å². The Morgan fingerprint density at radius 1 is 1.06 bits per heavy atom. The molecule has 96 valence electrons. The summed E-state index contributed by atoms with van der Waals surface area (Å²) in [6.45, 7) is 4.57. The number of rotatable bonds is 6. The lowest BCUT2D eigenvalue weighted by Gasteiger charge is -2.19. The van der Waals surface area contributed by atoms with Crippen molar-refractivity contribution in [1.29, 1.82) is 0 Å². The summed E-state index contributed by atoms with van der Waals surface area (Å²) in [4.78, 5) is 0. The monoisotopic (exact) mass is 296 g/mol. The molecule has 5 heteroatoms. The topological polar surface area (TPSA) is 18.5 Å². The van der Waals surface area contributed by atoms with E-state index in [0.717, 1.165) is 12.8 Å². The lowest BCUT2D eigenvalue weighted by Crippen LogP contribution is -2.20. The third-order valence-electron chi connectivity index (χ3n) is 2.11. The molecule has 0 heterocycles. The molecule has 0 spiro atoms. The summed E-state index contributed by atoms with van der Waals surface area (Å²) in [6, 6.07) is 3.17. The van der Waals surface area contributed by atoms with E-state index < -0.39 is 0 Å². The van der Waals surface area contributed by atoms with Crippen LogP contribution in [0.2, 0.25) is 15.1 Å². The van der Waals surface area contributed by atoms with Gasteiger partial charge in [-0.1, -0.05) is 48.1 Å². The van der Waals surface area contributed by atoms with Gasteiger partial charge in [0, 0.05) is 19.1 Å². The van der Waals surface area contributed by atoms with Crippen LogP contribution in [-0.2, 0) is 4.74 Å². The minimum Gasteiger partial charge on any atom is -0.463 e. The van der Waals surface area contributed by atoms with Gasteiger partial charge in [-0.2, -0.15) is 0 Å². The molecule has 0 aliphatic rings. The zero-order chi connectivity index (χ0) is 12.8. The van der Waals surface area contributed by atoms with Crippen LogP contribution in [0.4, 0.5) is 0 Å². The van der Waals surface area contributed by atoms with Crippen molar-refractivity contribution in [2.45, 2.75) is 33.0 Å². The Morgan fingerprint density at radius 2 is 1.71 bits per heavy atom. The van der Waals surface area contributed by atoms with Gasteiger partial charge in [0.25, 0.3) is 0 Å². The summed E-state index contributed by atoms with van der Waals surface area (Å²) < 4.78 is 11.1.